The highest BCUT2D eigenvalue weighted by molar-refractivity contribution is 5.48. The van der Waals surface area contributed by atoms with Crippen molar-refractivity contribution in [2.24, 2.45) is 5.92 Å². The number of aliphatic hydroxyl groups excluding tert-OH is 2. The van der Waals surface area contributed by atoms with Crippen molar-refractivity contribution >= 4 is 5.69 Å². The maximum Gasteiger partial charge on any atom is 0.0761 e. The molecule has 1 saturated heterocycles. The normalized spacial score (nSPS) is 26.9. The summed E-state index contributed by atoms with van der Waals surface area (Å²) in [6, 6.07) is 8.03. The van der Waals surface area contributed by atoms with E-state index in [1.165, 1.54) is 5.69 Å². The van der Waals surface area contributed by atoms with Crippen LogP contribution in [0.3, 0.4) is 0 Å². The van der Waals surface area contributed by atoms with Gasteiger partial charge in [0.05, 0.1) is 12.2 Å². The summed E-state index contributed by atoms with van der Waals surface area (Å²) in [6.45, 7) is 5.66. The monoisotopic (exact) mass is 235 g/mol. The standard InChI is InChI=1S/C14H21NO2/c1-10-9-15(8-7-14(10)17)13-5-3-12(4-6-13)11(2)16/h3-6,10-11,14,16-17H,7-9H2,1-2H3. The number of nitrogens with zero attached hydrogens (tertiary/aromatic N) is 1. The molecule has 3 unspecified atom stereocenters. The second-order valence-corrected chi connectivity index (χ2v) is 5.05. The lowest BCUT2D eigenvalue weighted by Crippen LogP contribution is -2.41. The maximum absolute atomic E-state index is 9.70. The Balaban J connectivity index is 2.07. The van der Waals surface area contributed by atoms with E-state index in [2.05, 4.69) is 11.8 Å². The molecule has 0 aromatic heterocycles. The predicted molar refractivity (Wildman–Crippen MR) is 69.1 cm³/mol. The summed E-state index contributed by atoms with van der Waals surface area (Å²) in [5.41, 5.74) is 2.12. The van der Waals surface area contributed by atoms with Crippen LogP contribution in [0.25, 0.3) is 0 Å². The Morgan fingerprint density at radius 3 is 2.47 bits per heavy atom. The Bertz CT molecular complexity index is 361. The molecule has 1 aliphatic heterocycles. The van der Waals surface area contributed by atoms with E-state index in [0.29, 0.717) is 5.92 Å². The van der Waals surface area contributed by atoms with Gasteiger partial charge < -0.3 is 15.1 Å². The largest absolute Gasteiger partial charge is 0.393 e. The highest BCUT2D eigenvalue weighted by Crippen LogP contribution is 2.24. The van der Waals surface area contributed by atoms with Gasteiger partial charge in [-0.2, -0.15) is 0 Å². The average molecular weight is 235 g/mol. The topological polar surface area (TPSA) is 43.7 Å². The zero-order chi connectivity index (χ0) is 12.4. The van der Waals surface area contributed by atoms with Crippen LogP contribution < -0.4 is 4.90 Å². The molecule has 3 nitrogen and oxygen atoms in total. The molecule has 2 N–H and O–H groups in total. The van der Waals surface area contributed by atoms with Gasteiger partial charge in [-0.15, -0.1) is 0 Å². The molecule has 94 valence electrons. The van der Waals surface area contributed by atoms with E-state index < -0.39 is 6.10 Å². The Labute approximate surface area is 103 Å². The summed E-state index contributed by atoms with van der Waals surface area (Å²) in [6.07, 6.45) is 0.258. The first-order chi connectivity index (χ1) is 8.08. The molecule has 17 heavy (non-hydrogen) atoms. The average Bonchev–Trinajstić information content (AvgIpc) is 2.33. The Morgan fingerprint density at radius 1 is 1.29 bits per heavy atom. The molecule has 0 spiro atoms. The predicted octanol–water partition coefficient (Wildman–Crippen LogP) is 1.95. The summed E-state index contributed by atoms with van der Waals surface area (Å²) >= 11 is 0. The van der Waals surface area contributed by atoms with E-state index in [9.17, 15) is 10.2 Å². The third-order valence-corrected chi connectivity index (χ3v) is 3.60. The molecule has 0 radical (unpaired) electrons. The number of hydrogen-bond acceptors (Lipinski definition) is 3. The lowest BCUT2D eigenvalue weighted by molar-refractivity contribution is 0.0971. The molecular formula is C14H21NO2. The van der Waals surface area contributed by atoms with Crippen molar-refractivity contribution in [2.75, 3.05) is 18.0 Å². The van der Waals surface area contributed by atoms with Gasteiger partial charge in [0.2, 0.25) is 0 Å². The summed E-state index contributed by atoms with van der Waals surface area (Å²) in [5.74, 6) is 0.320. The molecule has 1 aromatic rings. The number of hydrogen-bond donors (Lipinski definition) is 2. The molecule has 1 heterocycles. The first-order valence-electron chi connectivity index (χ1n) is 6.29. The zero-order valence-corrected chi connectivity index (χ0v) is 10.5. The second kappa shape index (κ2) is 5.07. The highest BCUT2D eigenvalue weighted by Gasteiger charge is 2.24. The third kappa shape index (κ3) is 2.79. The van der Waals surface area contributed by atoms with E-state index in [0.717, 1.165) is 25.1 Å². The molecule has 1 aliphatic rings. The first kappa shape index (κ1) is 12.4. The smallest absolute Gasteiger partial charge is 0.0761 e. The number of benzene rings is 1. The fourth-order valence-electron chi connectivity index (χ4n) is 2.33. The number of anilines is 1. The summed E-state index contributed by atoms with van der Waals surface area (Å²) < 4.78 is 0. The van der Waals surface area contributed by atoms with Crippen LogP contribution >= 0.6 is 0 Å². The highest BCUT2D eigenvalue weighted by atomic mass is 16.3. The van der Waals surface area contributed by atoms with E-state index in [-0.39, 0.29) is 6.10 Å². The van der Waals surface area contributed by atoms with Crippen LogP contribution in [0.1, 0.15) is 31.9 Å². The Kier molecular flexibility index (Phi) is 3.69. The minimum Gasteiger partial charge on any atom is -0.393 e. The fourth-order valence-corrected chi connectivity index (χ4v) is 2.33. The van der Waals surface area contributed by atoms with Crippen molar-refractivity contribution < 1.29 is 10.2 Å². The lowest BCUT2D eigenvalue weighted by Gasteiger charge is -2.36. The van der Waals surface area contributed by atoms with Gasteiger partial charge in [0.25, 0.3) is 0 Å². The van der Waals surface area contributed by atoms with E-state index in [1.807, 2.05) is 24.3 Å². The van der Waals surface area contributed by atoms with Crippen LogP contribution in [0, 0.1) is 5.92 Å². The number of piperidine rings is 1. The molecule has 3 atom stereocenters. The molecule has 3 heteroatoms. The minimum atomic E-state index is -0.411. The minimum absolute atomic E-state index is 0.164. The molecule has 1 aromatic carbocycles. The van der Waals surface area contributed by atoms with Crippen molar-refractivity contribution in [1.29, 1.82) is 0 Å². The van der Waals surface area contributed by atoms with Gasteiger partial charge in [0, 0.05) is 18.8 Å². The molecule has 1 fully saturated rings. The van der Waals surface area contributed by atoms with E-state index in [1.54, 1.807) is 6.92 Å². The summed E-state index contributed by atoms with van der Waals surface area (Å²) in [5, 5.41) is 19.2. The summed E-state index contributed by atoms with van der Waals surface area (Å²) in [7, 11) is 0. The molecule has 0 amide bonds. The van der Waals surface area contributed by atoms with E-state index >= 15 is 0 Å². The first-order valence-corrected chi connectivity index (χ1v) is 6.29. The molecule has 0 saturated carbocycles. The van der Waals surface area contributed by atoms with Crippen molar-refractivity contribution in [3.05, 3.63) is 29.8 Å². The molecule has 0 aliphatic carbocycles. The van der Waals surface area contributed by atoms with Crippen LogP contribution in [0.5, 0.6) is 0 Å². The van der Waals surface area contributed by atoms with Crippen molar-refractivity contribution in [2.45, 2.75) is 32.5 Å². The molecule has 0 bridgehead atoms. The van der Waals surface area contributed by atoms with Crippen LogP contribution in [0.2, 0.25) is 0 Å². The SMILES string of the molecule is CC(O)c1ccc(N2CCC(O)C(C)C2)cc1. The summed E-state index contributed by atoms with van der Waals surface area (Å²) in [4.78, 5) is 2.29. The van der Waals surface area contributed by atoms with Crippen molar-refractivity contribution in [1.82, 2.24) is 0 Å². The van der Waals surface area contributed by atoms with Gasteiger partial charge >= 0.3 is 0 Å². The van der Waals surface area contributed by atoms with Gasteiger partial charge in [-0.25, -0.2) is 0 Å². The van der Waals surface area contributed by atoms with Crippen LogP contribution in [0.4, 0.5) is 5.69 Å². The van der Waals surface area contributed by atoms with E-state index in [4.69, 9.17) is 0 Å². The lowest BCUT2D eigenvalue weighted by atomic mass is 9.96. The Morgan fingerprint density at radius 2 is 1.94 bits per heavy atom. The third-order valence-electron chi connectivity index (χ3n) is 3.60. The van der Waals surface area contributed by atoms with Crippen LogP contribution in [-0.4, -0.2) is 29.4 Å². The maximum atomic E-state index is 9.70. The van der Waals surface area contributed by atoms with Crippen molar-refractivity contribution in [3.63, 3.8) is 0 Å². The van der Waals surface area contributed by atoms with Gasteiger partial charge in [0.15, 0.2) is 0 Å². The number of rotatable bonds is 2. The Hall–Kier alpha value is -1.06. The van der Waals surface area contributed by atoms with Crippen LogP contribution in [-0.2, 0) is 0 Å². The van der Waals surface area contributed by atoms with Gasteiger partial charge in [-0.05, 0) is 37.0 Å². The molecular weight excluding hydrogens is 214 g/mol. The zero-order valence-electron chi connectivity index (χ0n) is 10.5. The quantitative estimate of drug-likeness (QED) is 0.823. The van der Waals surface area contributed by atoms with Gasteiger partial charge in [0.1, 0.15) is 0 Å². The second-order valence-electron chi connectivity index (χ2n) is 5.05. The van der Waals surface area contributed by atoms with Crippen LogP contribution in [0.15, 0.2) is 24.3 Å². The van der Waals surface area contributed by atoms with Crippen molar-refractivity contribution in [3.8, 4) is 0 Å². The number of aliphatic hydroxyl groups is 2. The fraction of sp³-hybridized carbons (Fsp3) is 0.571. The molecule has 2 rings (SSSR count). The van der Waals surface area contributed by atoms with Gasteiger partial charge in [-0.1, -0.05) is 19.1 Å². The van der Waals surface area contributed by atoms with Gasteiger partial charge in [-0.3, -0.25) is 0 Å².